The van der Waals surface area contributed by atoms with Crippen LogP contribution in [0, 0.1) is 5.92 Å². The minimum atomic E-state index is -0.270. The molecule has 0 aliphatic carbocycles. The Hall–Kier alpha value is -2.79. The zero-order valence-electron chi connectivity index (χ0n) is 16.6. The van der Waals surface area contributed by atoms with E-state index in [-0.39, 0.29) is 11.6 Å². The van der Waals surface area contributed by atoms with Gasteiger partial charge in [0.1, 0.15) is 5.54 Å². The fourth-order valence-corrected chi connectivity index (χ4v) is 6.09. The van der Waals surface area contributed by atoms with E-state index in [1.54, 1.807) is 0 Å². The van der Waals surface area contributed by atoms with E-state index < -0.39 is 0 Å². The minimum Gasteiger partial charge on any atom is -0.344 e. The number of nitrogens with zero attached hydrogens (tertiary/aromatic N) is 4. The van der Waals surface area contributed by atoms with Crippen LogP contribution in [0.3, 0.4) is 0 Å². The summed E-state index contributed by atoms with van der Waals surface area (Å²) in [6.45, 7) is 1.87. The average Bonchev–Trinajstić information content (AvgIpc) is 3.39. The summed E-state index contributed by atoms with van der Waals surface area (Å²) in [6.07, 6.45) is 7.08. The van der Waals surface area contributed by atoms with Crippen LogP contribution in [-0.2, 0) is 4.79 Å². The number of likely N-dealkylation sites (tertiary alicyclic amines) is 1. The maximum atomic E-state index is 13.0. The number of hydrogen-bond donors (Lipinski definition) is 0. The van der Waals surface area contributed by atoms with Crippen molar-refractivity contribution in [3.63, 3.8) is 0 Å². The molecule has 3 fully saturated rings. The van der Waals surface area contributed by atoms with Gasteiger partial charge in [0.25, 0.3) is 0 Å². The van der Waals surface area contributed by atoms with E-state index in [9.17, 15) is 4.79 Å². The fourth-order valence-electron chi connectivity index (χ4n) is 6.09. The third kappa shape index (κ3) is 2.28. The summed E-state index contributed by atoms with van der Waals surface area (Å²) in [6, 6.07) is 14.9. The predicted molar refractivity (Wildman–Crippen MR) is 112 cm³/mol. The van der Waals surface area contributed by atoms with Gasteiger partial charge < -0.3 is 4.90 Å². The van der Waals surface area contributed by atoms with Gasteiger partial charge in [0.05, 0.1) is 0 Å². The summed E-state index contributed by atoms with van der Waals surface area (Å²) in [7, 11) is 1.95. The second kappa shape index (κ2) is 6.10. The van der Waals surface area contributed by atoms with Crippen LogP contribution in [-0.4, -0.2) is 51.4 Å². The Morgan fingerprint density at radius 1 is 1.07 bits per heavy atom. The molecule has 0 unspecified atom stereocenters. The molecule has 2 aromatic carbocycles. The summed E-state index contributed by atoms with van der Waals surface area (Å²) in [4.78, 5) is 26.9. The zero-order chi connectivity index (χ0) is 19.6. The summed E-state index contributed by atoms with van der Waals surface area (Å²) in [5, 5.41) is 2.37. The second-order valence-corrected chi connectivity index (χ2v) is 8.72. The Bertz CT molecular complexity index is 1110. The molecule has 1 spiro atoms. The molecule has 5 nitrogen and oxygen atoms in total. The number of carbonyl (C=O) groups is 1. The average molecular weight is 384 g/mol. The third-order valence-electron chi connectivity index (χ3n) is 7.33. The van der Waals surface area contributed by atoms with Crippen molar-refractivity contribution in [2.45, 2.75) is 30.8 Å². The molecule has 0 bridgehead atoms. The molecule has 29 heavy (non-hydrogen) atoms. The monoisotopic (exact) mass is 384 g/mol. The smallest absolute Gasteiger partial charge is 0.243 e. The Morgan fingerprint density at radius 2 is 1.86 bits per heavy atom. The molecule has 146 valence electrons. The highest BCUT2D eigenvalue weighted by atomic mass is 16.2. The standard InChI is InChI=1S/C24H24N4O/c1-27-15-18-12-21(28-11-5-10-24(18,28)23(27)29)17-13-25-22(26-14-17)20-9-4-7-16-6-2-3-8-19(16)20/h2-4,6-9,13-14,18,21H,5,10-12,15H2,1H3/t18-,21-,24-/m0/s1. The summed E-state index contributed by atoms with van der Waals surface area (Å²) in [5.41, 5.74) is 1.93. The zero-order valence-corrected chi connectivity index (χ0v) is 16.6. The molecule has 3 atom stereocenters. The molecule has 4 heterocycles. The van der Waals surface area contributed by atoms with E-state index in [2.05, 4.69) is 47.4 Å². The van der Waals surface area contributed by atoms with Gasteiger partial charge in [-0.15, -0.1) is 0 Å². The summed E-state index contributed by atoms with van der Waals surface area (Å²) in [5.74, 6) is 1.50. The van der Waals surface area contributed by atoms with Crippen molar-refractivity contribution in [1.29, 1.82) is 0 Å². The number of fused-ring (bicyclic) bond motifs is 1. The third-order valence-corrected chi connectivity index (χ3v) is 7.33. The lowest BCUT2D eigenvalue weighted by atomic mass is 9.85. The maximum absolute atomic E-state index is 13.0. The largest absolute Gasteiger partial charge is 0.344 e. The molecule has 5 heteroatoms. The molecule has 1 aromatic heterocycles. The van der Waals surface area contributed by atoms with E-state index in [1.807, 2.05) is 24.3 Å². The Labute approximate surface area is 170 Å². The first-order valence-electron chi connectivity index (χ1n) is 10.5. The molecule has 1 amide bonds. The van der Waals surface area contributed by atoms with E-state index >= 15 is 0 Å². The van der Waals surface area contributed by atoms with E-state index in [4.69, 9.17) is 9.97 Å². The van der Waals surface area contributed by atoms with Crippen LogP contribution in [0.1, 0.15) is 30.9 Å². The first-order chi connectivity index (χ1) is 14.2. The number of carbonyl (C=O) groups excluding carboxylic acids is 1. The molecule has 3 aliphatic rings. The molecule has 0 radical (unpaired) electrons. The summed E-state index contributed by atoms with van der Waals surface area (Å²) >= 11 is 0. The van der Waals surface area contributed by atoms with Gasteiger partial charge in [0.2, 0.25) is 5.91 Å². The minimum absolute atomic E-state index is 0.252. The van der Waals surface area contributed by atoms with Gasteiger partial charge in [-0.3, -0.25) is 9.69 Å². The van der Waals surface area contributed by atoms with Crippen molar-refractivity contribution >= 4 is 16.7 Å². The Kier molecular flexibility index (Phi) is 3.60. The predicted octanol–water partition coefficient (Wildman–Crippen LogP) is 3.66. The quantitative estimate of drug-likeness (QED) is 0.677. The van der Waals surface area contributed by atoms with Crippen molar-refractivity contribution in [2.24, 2.45) is 5.92 Å². The first kappa shape index (κ1) is 17.1. The number of amides is 1. The number of likely N-dealkylation sites (N-methyl/N-ethyl adjacent to an activating group) is 1. The van der Waals surface area contributed by atoms with Gasteiger partial charge in [0.15, 0.2) is 5.82 Å². The SMILES string of the molecule is CN1C[C@@H]2C[C@@H](c3cnc(-c4cccc5ccccc45)nc3)N3CCC[C@@]23C1=O. The molecule has 0 N–H and O–H groups in total. The van der Waals surface area contributed by atoms with Gasteiger partial charge in [-0.05, 0) is 36.6 Å². The molecule has 3 aliphatic heterocycles. The summed E-state index contributed by atoms with van der Waals surface area (Å²) < 4.78 is 0. The number of rotatable bonds is 2. The van der Waals surface area contributed by atoms with Gasteiger partial charge in [-0.25, -0.2) is 9.97 Å². The van der Waals surface area contributed by atoms with Gasteiger partial charge >= 0.3 is 0 Å². The van der Waals surface area contributed by atoms with E-state index in [1.165, 1.54) is 10.8 Å². The first-order valence-corrected chi connectivity index (χ1v) is 10.5. The van der Waals surface area contributed by atoms with Crippen molar-refractivity contribution < 1.29 is 4.79 Å². The molecule has 3 saturated heterocycles. The van der Waals surface area contributed by atoms with Gasteiger partial charge in [-0.2, -0.15) is 0 Å². The molecule has 3 aromatic rings. The highest BCUT2D eigenvalue weighted by Gasteiger charge is 2.64. The highest BCUT2D eigenvalue weighted by molar-refractivity contribution is 5.95. The topological polar surface area (TPSA) is 49.3 Å². The Balaban J connectivity index is 1.35. The molecular formula is C24H24N4O. The van der Waals surface area contributed by atoms with Crippen LogP contribution in [0.4, 0.5) is 0 Å². The normalized spacial score (nSPS) is 28.9. The van der Waals surface area contributed by atoms with Crippen LogP contribution < -0.4 is 0 Å². The van der Waals surface area contributed by atoms with Crippen molar-refractivity contribution in [2.75, 3.05) is 20.1 Å². The van der Waals surface area contributed by atoms with Crippen molar-refractivity contribution in [3.8, 4) is 11.4 Å². The van der Waals surface area contributed by atoms with E-state index in [0.29, 0.717) is 11.8 Å². The van der Waals surface area contributed by atoms with Crippen molar-refractivity contribution in [3.05, 3.63) is 60.4 Å². The number of hydrogen-bond acceptors (Lipinski definition) is 4. The Morgan fingerprint density at radius 3 is 2.72 bits per heavy atom. The second-order valence-electron chi connectivity index (χ2n) is 8.72. The number of benzene rings is 2. The van der Waals surface area contributed by atoms with Crippen LogP contribution in [0.5, 0.6) is 0 Å². The van der Waals surface area contributed by atoms with Gasteiger partial charge in [-0.1, -0.05) is 42.5 Å². The molecular weight excluding hydrogens is 360 g/mol. The van der Waals surface area contributed by atoms with Crippen LogP contribution in [0.15, 0.2) is 54.9 Å². The highest BCUT2D eigenvalue weighted by Crippen LogP contribution is 2.55. The lowest BCUT2D eigenvalue weighted by Gasteiger charge is -2.32. The van der Waals surface area contributed by atoms with E-state index in [0.717, 1.165) is 49.3 Å². The maximum Gasteiger partial charge on any atom is 0.243 e. The fraction of sp³-hybridized carbons (Fsp3) is 0.375. The molecule has 0 saturated carbocycles. The lowest BCUT2D eigenvalue weighted by molar-refractivity contribution is -0.135. The van der Waals surface area contributed by atoms with Gasteiger partial charge in [0, 0.05) is 49.1 Å². The lowest BCUT2D eigenvalue weighted by Crippen LogP contribution is -2.49. The van der Waals surface area contributed by atoms with Crippen LogP contribution in [0.25, 0.3) is 22.2 Å². The molecule has 6 rings (SSSR count). The van der Waals surface area contributed by atoms with Crippen LogP contribution in [0.2, 0.25) is 0 Å². The van der Waals surface area contributed by atoms with Crippen LogP contribution >= 0.6 is 0 Å². The van der Waals surface area contributed by atoms with Crippen molar-refractivity contribution in [1.82, 2.24) is 19.8 Å². The number of aromatic nitrogens is 2.